The number of aromatic nitrogens is 6. The number of aromatic amines is 1. The number of nitrogens with one attached hydrogen (secondary N) is 1. The Morgan fingerprint density at radius 3 is 2.84 bits per heavy atom. The molecule has 0 saturated carbocycles. The first-order chi connectivity index (χ1) is 12.1. The van der Waals surface area contributed by atoms with Gasteiger partial charge in [0.1, 0.15) is 10.5 Å². The van der Waals surface area contributed by atoms with Gasteiger partial charge < -0.3 is 4.98 Å². The van der Waals surface area contributed by atoms with Gasteiger partial charge in [-0.05, 0) is 59.0 Å². The number of hydrogen-bond donors (Lipinski definition) is 1. The molecule has 4 aromatic rings. The van der Waals surface area contributed by atoms with Gasteiger partial charge in [0.15, 0.2) is 0 Å². The SMILES string of the molecule is Cc1cc(C)cc(-n2nnnc2SCc2nc3ccsc3c(=O)[nH]2)c1. The van der Waals surface area contributed by atoms with Crippen LogP contribution in [0.1, 0.15) is 17.0 Å². The van der Waals surface area contributed by atoms with Crippen LogP contribution in [0.4, 0.5) is 0 Å². The molecular formula is C16H14N6OS2. The van der Waals surface area contributed by atoms with Crippen molar-refractivity contribution in [2.45, 2.75) is 24.8 Å². The smallest absolute Gasteiger partial charge is 0.268 e. The summed E-state index contributed by atoms with van der Waals surface area (Å²) in [6, 6.07) is 8.02. The Morgan fingerprint density at radius 1 is 1.24 bits per heavy atom. The van der Waals surface area contributed by atoms with Crippen LogP contribution >= 0.6 is 23.1 Å². The van der Waals surface area contributed by atoms with E-state index in [1.165, 1.54) is 23.1 Å². The quantitative estimate of drug-likeness (QED) is 0.556. The molecule has 3 heterocycles. The Bertz CT molecular complexity index is 1090. The van der Waals surface area contributed by atoms with Gasteiger partial charge in [0.25, 0.3) is 5.56 Å². The molecule has 126 valence electrons. The van der Waals surface area contributed by atoms with Gasteiger partial charge in [-0.1, -0.05) is 17.8 Å². The first-order valence-corrected chi connectivity index (χ1v) is 9.43. The van der Waals surface area contributed by atoms with E-state index in [1.807, 2.05) is 37.4 Å². The number of fused-ring (bicyclic) bond motifs is 1. The van der Waals surface area contributed by atoms with Gasteiger partial charge in [0.2, 0.25) is 5.16 Å². The summed E-state index contributed by atoms with van der Waals surface area (Å²) in [6.45, 7) is 4.08. The van der Waals surface area contributed by atoms with Gasteiger partial charge in [0.05, 0.1) is 17.0 Å². The van der Waals surface area contributed by atoms with Crippen LogP contribution < -0.4 is 5.56 Å². The molecule has 0 bridgehead atoms. The summed E-state index contributed by atoms with van der Waals surface area (Å²) in [5.74, 6) is 1.09. The van der Waals surface area contributed by atoms with Crippen LogP contribution in [0, 0.1) is 13.8 Å². The average molecular weight is 370 g/mol. The van der Waals surface area contributed by atoms with Gasteiger partial charge in [-0.2, -0.15) is 4.68 Å². The number of hydrogen-bond acceptors (Lipinski definition) is 7. The molecule has 4 rings (SSSR count). The molecule has 0 radical (unpaired) electrons. The molecule has 0 aliphatic rings. The van der Waals surface area contributed by atoms with E-state index in [0.29, 0.717) is 21.4 Å². The van der Waals surface area contributed by atoms with Crippen LogP contribution in [0.25, 0.3) is 15.9 Å². The van der Waals surface area contributed by atoms with Crippen LogP contribution in [-0.4, -0.2) is 30.2 Å². The zero-order chi connectivity index (χ0) is 17.4. The van der Waals surface area contributed by atoms with Crippen LogP contribution in [-0.2, 0) is 5.75 Å². The Morgan fingerprint density at radius 2 is 2.04 bits per heavy atom. The number of tetrazole rings is 1. The monoisotopic (exact) mass is 370 g/mol. The summed E-state index contributed by atoms with van der Waals surface area (Å²) in [7, 11) is 0. The molecule has 0 atom stereocenters. The van der Waals surface area contributed by atoms with Gasteiger partial charge in [-0.3, -0.25) is 4.79 Å². The summed E-state index contributed by atoms with van der Waals surface area (Å²) < 4.78 is 2.35. The second kappa shape index (κ2) is 6.41. The number of H-pyrrole nitrogens is 1. The topological polar surface area (TPSA) is 89.3 Å². The maximum atomic E-state index is 12.0. The maximum Gasteiger partial charge on any atom is 0.268 e. The minimum atomic E-state index is -0.107. The van der Waals surface area contributed by atoms with E-state index in [1.54, 1.807) is 4.68 Å². The summed E-state index contributed by atoms with van der Waals surface area (Å²) in [5.41, 5.74) is 3.83. The predicted octanol–water partition coefficient (Wildman–Crippen LogP) is 2.87. The molecule has 0 unspecified atom stereocenters. The average Bonchev–Trinajstić information content (AvgIpc) is 3.21. The second-order valence-corrected chi connectivity index (χ2v) is 7.51. The van der Waals surface area contributed by atoms with Crippen LogP contribution in [0.5, 0.6) is 0 Å². The predicted molar refractivity (Wildman–Crippen MR) is 98.4 cm³/mol. The minimum Gasteiger partial charge on any atom is -0.309 e. The molecule has 25 heavy (non-hydrogen) atoms. The van der Waals surface area contributed by atoms with E-state index in [-0.39, 0.29) is 5.56 Å². The lowest BCUT2D eigenvalue weighted by atomic mass is 10.1. The number of aryl methyl sites for hydroxylation is 2. The summed E-state index contributed by atoms with van der Waals surface area (Å²) >= 11 is 2.82. The Labute approximate surface area is 151 Å². The van der Waals surface area contributed by atoms with Crippen LogP contribution in [0.15, 0.2) is 39.6 Å². The van der Waals surface area contributed by atoms with Gasteiger partial charge in [-0.15, -0.1) is 16.4 Å². The molecule has 1 aromatic carbocycles. The van der Waals surface area contributed by atoms with Gasteiger partial charge in [0, 0.05) is 0 Å². The zero-order valence-electron chi connectivity index (χ0n) is 13.6. The Hall–Kier alpha value is -2.52. The van der Waals surface area contributed by atoms with Crippen molar-refractivity contribution >= 4 is 33.3 Å². The maximum absolute atomic E-state index is 12.0. The fourth-order valence-corrected chi connectivity index (χ4v) is 4.11. The first-order valence-electron chi connectivity index (χ1n) is 7.56. The number of thioether (sulfide) groups is 1. The highest BCUT2D eigenvalue weighted by Crippen LogP contribution is 2.23. The molecule has 0 fully saturated rings. The van der Waals surface area contributed by atoms with E-state index < -0.39 is 0 Å². The van der Waals surface area contributed by atoms with Crippen molar-refractivity contribution in [3.63, 3.8) is 0 Å². The van der Waals surface area contributed by atoms with E-state index in [0.717, 1.165) is 22.3 Å². The summed E-state index contributed by atoms with van der Waals surface area (Å²) in [4.78, 5) is 19.3. The van der Waals surface area contributed by atoms with Crippen molar-refractivity contribution < 1.29 is 0 Å². The molecular weight excluding hydrogens is 356 g/mol. The van der Waals surface area contributed by atoms with Crippen molar-refractivity contribution in [3.8, 4) is 5.69 Å². The number of nitrogens with zero attached hydrogens (tertiary/aromatic N) is 5. The molecule has 0 saturated heterocycles. The standard InChI is InChI=1S/C16H14N6OS2/c1-9-5-10(2)7-11(6-9)22-16(19-20-21-22)25-8-13-17-12-3-4-24-14(12)15(23)18-13/h3-7H,8H2,1-2H3,(H,17,18,23). The highest BCUT2D eigenvalue weighted by Gasteiger charge is 2.12. The molecule has 0 amide bonds. The second-order valence-electron chi connectivity index (χ2n) is 5.66. The van der Waals surface area contributed by atoms with Crippen molar-refractivity contribution in [1.29, 1.82) is 0 Å². The van der Waals surface area contributed by atoms with Crippen molar-refractivity contribution in [2.75, 3.05) is 0 Å². The highest BCUT2D eigenvalue weighted by molar-refractivity contribution is 7.98. The lowest BCUT2D eigenvalue weighted by Crippen LogP contribution is -2.09. The van der Waals surface area contributed by atoms with E-state index >= 15 is 0 Å². The minimum absolute atomic E-state index is 0.107. The molecule has 3 aromatic heterocycles. The third kappa shape index (κ3) is 3.20. The van der Waals surface area contributed by atoms with E-state index in [9.17, 15) is 4.79 Å². The Kier molecular flexibility index (Phi) is 4.10. The summed E-state index contributed by atoms with van der Waals surface area (Å²) in [5, 5.41) is 14.5. The van der Waals surface area contributed by atoms with Crippen molar-refractivity contribution in [3.05, 3.63) is 57.0 Å². The van der Waals surface area contributed by atoms with Gasteiger partial charge in [-0.25, -0.2) is 4.98 Å². The highest BCUT2D eigenvalue weighted by atomic mass is 32.2. The molecule has 0 aliphatic carbocycles. The molecule has 1 N–H and O–H groups in total. The molecule has 7 nitrogen and oxygen atoms in total. The number of benzene rings is 1. The summed E-state index contributed by atoms with van der Waals surface area (Å²) in [6.07, 6.45) is 0. The van der Waals surface area contributed by atoms with Gasteiger partial charge >= 0.3 is 0 Å². The lowest BCUT2D eigenvalue weighted by Gasteiger charge is -2.06. The normalized spacial score (nSPS) is 11.3. The number of thiophene rings is 1. The lowest BCUT2D eigenvalue weighted by molar-refractivity contribution is 0.754. The fraction of sp³-hybridized carbons (Fsp3) is 0.188. The third-order valence-electron chi connectivity index (χ3n) is 3.59. The van der Waals surface area contributed by atoms with E-state index in [2.05, 4.69) is 31.6 Å². The molecule has 0 aliphatic heterocycles. The zero-order valence-corrected chi connectivity index (χ0v) is 15.2. The largest absolute Gasteiger partial charge is 0.309 e. The fourth-order valence-electron chi connectivity index (χ4n) is 2.63. The van der Waals surface area contributed by atoms with Crippen LogP contribution in [0.2, 0.25) is 0 Å². The number of rotatable bonds is 4. The first kappa shape index (κ1) is 16.0. The molecule has 9 heteroatoms. The van der Waals surface area contributed by atoms with Crippen LogP contribution in [0.3, 0.4) is 0 Å². The van der Waals surface area contributed by atoms with E-state index in [4.69, 9.17) is 0 Å². The van der Waals surface area contributed by atoms with Crippen molar-refractivity contribution in [1.82, 2.24) is 30.2 Å². The Balaban J connectivity index is 1.61. The third-order valence-corrected chi connectivity index (χ3v) is 5.43. The van der Waals surface area contributed by atoms with Crippen molar-refractivity contribution in [2.24, 2.45) is 0 Å². The molecule has 0 spiro atoms.